The maximum atomic E-state index is 10.0. The molecule has 0 unspecified atom stereocenters. The Kier molecular flexibility index (Phi) is 3.53. The number of aromatic hydroxyl groups is 1. The van der Waals surface area contributed by atoms with Gasteiger partial charge in [-0.05, 0) is 11.0 Å². The van der Waals surface area contributed by atoms with Gasteiger partial charge in [-0.2, -0.15) is 0 Å². The van der Waals surface area contributed by atoms with Crippen molar-refractivity contribution in [3.63, 3.8) is 0 Å². The van der Waals surface area contributed by atoms with Crippen LogP contribution in [0.3, 0.4) is 0 Å². The average molecular weight is 206 g/mol. The second kappa shape index (κ2) is 4.49. The van der Waals surface area contributed by atoms with Crippen molar-refractivity contribution in [3.05, 3.63) is 35.4 Å². The molecule has 0 aromatic heterocycles. The fourth-order valence-corrected chi connectivity index (χ4v) is 1.48. The Balaban J connectivity index is 3.17. The van der Waals surface area contributed by atoms with Crippen molar-refractivity contribution < 1.29 is 10.2 Å². The van der Waals surface area contributed by atoms with E-state index >= 15 is 0 Å². The molecular formula is C13H18O2. The summed E-state index contributed by atoms with van der Waals surface area (Å²) >= 11 is 0. The summed E-state index contributed by atoms with van der Waals surface area (Å²) in [6, 6.07) is 5.67. The number of hydrogen-bond acceptors (Lipinski definition) is 2. The third-order valence-electron chi connectivity index (χ3n) is 2.28. The van der Waals surface area contributed by atoms with Gasteiger partial charge in [-0.25, -0.2) is 0 Å². The molecule has 0 saturated carbocycles. The summed E-state index contributed by atoms with van der Waals surface area (Å²) in [5.74, 6) is 0.301. The first-order chi connectivity index (χ1) is 6.96. The summed E-state index contributed by atoms with van der Waals surface area (Å²) in [7, 11) is 0. The van der Waals surface area contributed by atoms with Crippen LogP contribution in [0.15, 0.2) is 24.3 Å². The lowest BCUT2D eigenvalue weighted by molar-refractivity contribution is 0.343. The monoisotopic (exact) mass is 206 g/mol. The molecule has 0 atom stereocenters. The maximum absolute atomic E-state index is 10.0. The molecule has 2 N–H and O–H groups in total. The first kappa shape index (κ1) is 11.8. The zero-order valence-electron chi connectivity index (χ0n) is 9.49. The van der Waals surface area contributed by atoms with E-state index in [4.69, 9.17) is 5.11 Å². The SMILES string of the molecule is CC(C)(C)c1cccc(C=CCO)c1O. The molecule has 15 heavy (non-hydrogen) atoms. The predicted octanol–water partition coefficient (Wildman–Crippen LogP) is 2.70. The Bertz CT molecular complexity index is 359. The number of phenolic OH excluding ortho intramolecular Hbond substituents is 1. The smallest absolute Gasteiger partial charge is 0.126 e. The van der Waals surface area contributed by atoms with E-state index in [1.54, 1.807) is 12.2 Å². The molecule has 0 saturated heterocycles. The Labute approximate surface area is 90.9 Å². The van der Waals surface area contributed by atoms with Gasteiger partial charge in [0, 0.05) is 5.56 Å². The molecule has 0 aliphatic rings. The second-order valence-corrected chi connectivity index (χ2v) is 4.58. The highest BCUT2D eigenvalue weighted by molar-refractivity contribution is 5.60. The Hall–Kier alpha value is -1.28. The van der Waals surface area contributed by atoms with E-state index in [-0.39, 0.29) is 12.0 Å². The minimum atomic E-state index is -0.0762. The lowest BCUT2D eigenvalue weighted by atomic mass is 9.85. The molecule has 0 aliphatic heterocycles. The van der Waals surface area contributed by atoms with E-state index in [2.05, 4.69) is 20.8 Å². The molecule has 0 radical (unpaired) electrons. The van der Waals surface area contributed by atoms with Crippen LogP contribution in [-0.4, -0.2) is 16.8 Å². The summed E-state index contributed by atoms with van der Waals surface area (Å²) in [6.07, 6.45) is 3.34. The highest BCUT2D eigenvalue weighted by Crippen LogP contribution is 2.33. The average Bonchev–Trinajstić information content (AvgIpc) is 2.14. The van der Waals surface area contributed by atoms with Crippen molar-refractivity contribution in [1.29, 1.82) is 0 Å². The van der Waals surface area contributed by atoms with Crippen LogP contribution in [0.5, 0.6) is 5.75 Å². The molecule has 0 amide bonds. The molecule has 1 rings (SSSR count). The van der Waals surface area contributed by atoms with Crippen LogP contribution in [0.1, 0.15) is 31.9 Å². The number of hydrogen-bond donors (Lipinski definition) is 2. The van der Waals surface area contributed by atoms with Crippen LogP contribution in [0, 0.1) is 0 Å². The summed E-state index contributed by atoms with van der Waals surface area (Å²) < 4.78 is 0. The molecule has 82 valence electrons. The van der Waals surface area contributed by atoms with Gasteiger partial charge in [-0.1, -0.05) is 51.1 Å². The van der Waals surface area contributed by atoms with Crippen LogP contribution >= 0.6 is 0 Å². The van der Waals surface area contributed by atoms with E-state index in [1.807, 2.05) is 18.2 Å². The van der Waals surface area contributed by atoms with E-state index in [0.29, 0.717) is 5.75 Å². The van der Waals surface area contributed by atoms with Crippen molar-refractivity contribution in [1.82, 2.24) is 0 Å². The topological polar surface area (TPSA) is 40.5 Å². The molecule has 0 fully saturated rings. The van der Waals surface area contributed by atoms with Gasteiger partial charge in [0.1, 0.15) is 5.75 Å². The Morgan fingerprint density at radius 1 is 1.27 bits per heavy atom. The normalized spacial score (nSPS) is 12.3. The van der Waals surface area contributed by atoms with Crippen LogP contribution in [0.2, 0.25) is 0 Å². The van der Waals surface area contributed by atoms with Crippen LogP contribution in [0.25, 0.3) is 6.08 Å². The van der Waals surface area contributed by atoms with Gasteiger partial charge in [-0.15, -0.1) is 0 Å². The summed E-state index contributed by atoms with van der Waals surface area (Å²) in [4.78, 5) is 0. The minimum Gasteiger partial charge on any atom is -0.507 e. The Morgan fingerprint density at radius 2 is 1.93 bits per heavy atom. The largest absolute Gasteiger partial charge is 0.507 e. The van der Waals surface area contributed by atoms with Gasteiger partial charge in [0.15, 0.2) is 0 Å². The Morgan fingerprint density at radius 3 is 2.47 bits per heavy atom. The summed E-state index contributed by atoms with van der Waals surface area (Å²) in [5, 5.41) is 18.7. The van der Waals surface area contributed by atoms with Gasteiger partial charge < -0.3 is 10.2 Å². The number of benzene rings is 1. The van der Waals surface area contributed by atoms with E-state index < -0.39 is 0 Å². The quantitative estimate of drug-likeness (QED) is 0.781. The molecular weight excluding hydrogens is 188 g/mol. The fourth-order valence-electron chi connectivity index (χ4n) is 1.48. The number of para-hydroxylation sites is 1. The number of aliphatic hydroxyl groups excluding tert-OH is 1. The van der Waals surface area contributed by atoms with Gasteiger partial charge >= 0.3 is 0 Å². The predicted molar refractivity (Wildman–Crippen MR) is 62.9 cm³/mol. The molecule has 1 aromatic rings. The highest BCUT2D eigenvalue weighted by Gasteiger charge is 2.18. The second-order valence-electron chi connectivity index (χ2n) is 4.58. The van der Waals surface area contributed by atoms with Gasteiger partial charge in [-0.3, -0.25) is 0 Å². The van der Waals surface area contributed by atoms with Crippen molar-refractivity contribution >= 4 is 6.08 Å². The lowest BCUT2D eigenvalue weighted by Gasteiger charge is -2.21. The van der Waals surface area contributed by atoms with Crippen molar-refractivity contribution in [2.24, 2.45) is 0 Å². The third kappa shape index (κ3) is 2.83. The van der Waals surface area contributed by atoms with Crippen LogP contribution < -0.4 is 0 Å². The number of rotatable bonds is 2. The zero-order chi connectivity index (χ0) is 11.5. The van der Waals surface area contributed by atoms with E-state index in [9.17, 15) is 5.11 Å². The zero-order valence-corrected chi connectivity index (χ0v) is 9.49. The lowest BCUT2D eigenvalue weighted by Crippen LogP contribution is -2.11. The summed E-state index contributed by atoms with van der Waals surface area (Å²) in [5.41, 5.74) is 1.59. The minimum absolute atomic E-state index is 0.0147. The molecule has 0 heterocycles. The first-order valence-corrected chi connectivity index (χ1v) is 5.06. The fraction of sp³-hybridized carbons (Fsp3) is 0.385. The van der Waals surface area contributed by atoms with Gasteiger partial charge in [0.2, 0.25) is 0 Å². The van der Waals surface area contributed by atoms with Gasteiger partial charge in [0.25, 0.3) is 0 Å². The number of aliphatic hydroxyl groups is 1. The first-order valence-electron chi connectivity index (χ1n) is 5.06. The number of phenols is 1. The van der Waals surface area contributed by atoms with Gasteiger partial charge in [0.05, 0.1) is 6.61 Å². The van der Waals surface area contributed by atoms with Crippen molar-refractivity contribution in [2.75, 3.05) is 6.61 Å². The highest BCUT2D eigenvalue weighted by atomic mass is 16.3. The van der Waals surface area contributed by atoms with E-state index in [1.165, 1.54) is 0 Å². The standard InChI is InChI=1S/C13H18O2/c1-13(2,3)11-8-4-6-10(12(11)15)7-5-9-14/h4-8,14-15H,9H2,1-3H3. The van der Waals surface area contributed by atoms with Crippen molar-refractivity contribution in [2.45, 2.75) is 26.2 Å². The molecule has 0 bridgehead atoms. The summed E-state index contributed by atoms with van der Waals surface area (Å²) in [6.45, 7) is 6.16. The molecule has 1 aromatic carbocycles. The van der Waals surface area contributed by atoms with Crippen LogP contribution in [0.4, 0.5) is 0 Å². The van der Waals surface area contributed by atoms with Crippen molar-refractivity contribution in [3.8, 4) is 5.75 Å². The van der Waals surface area contributed by atoms with Crippen LogP contribution in [-0.2, 0) is 5.41 Å². The molecule has 2 nitrogen and oxygen atoms in total. The maximum Gasteiger partial charge on any atom is 0.126 e. The molecule has 0 aliphatic carbocycles. The molecule has 0 spiro atoms. The molecule has 2 heteroatoms. The van der Waals surface area contributed by atoms with E-state index in [0.717, 1.165) is 11.1 Å². The third-order valence-corrected chi connectivity index (χ3v) is 2.28.